The summed E-state index contributed by atoms with van der Waals surface area (Å²) in [5, 5.41) is 5.02. The molecule has 0 saturated heterocycles. The van der Waals surface area contributed by atoms with Crippen LogP contribution >= 0.6 is 0 Å². The van der Waals surface area contributed by atoms with E-state index in [4.69, 9.17) is 0 Å². The third-order valence-corrected chi connectivity index (χ3v) is 12.0. The maximum absolute atomic E-state index is 3.98. The topological polar surface area (TPSA) is 12.0 Å². The normalized spacial score (nSPS) is 15.5. The Morgan fingerprint density at radius 1 is 0.694 bits per heavy atom. The summed E-state index contributed by atoms with van der Waals surface area (Å²) in [6.07, 6.45) is 8.31. The van der Waals surface area contributed by atoms with Gasteiger partial charge in [-0.25, -0.2) is 0 Å². The number of rotatable bonds is 5. The molecule has 3 aromatic carbocycles. The van der Waals surface area contributed by atoms with Crippen molar-refractivity contribution in [1.29, 1.82) is 0 Å². The summed E-state index contributed by atoms with van der Waals surface area (Å²) < 4.78 is 4.63. The van der Waals surface area contributed by atoms with E-state index in [1.165, 1.54) is 22.3 Å². The minimum Gasteiger partial charge on any atom is -0.0149 e. The Morgan fingerprint density at radius 2 is 1.14 bits per heavy atom. The summed E-state index contributed by atoms with van der Waals surface area (Å²) in [6.45, 7) is 11.5. The van der Waals surface area contributed by atoms with Crippen molar-refractivity contribution in [2.75, 3.05) is 0 Å². The monoisotopic (exact) mass is 531 g/mol. The molecule has 0 saturated carbocycles. The van der Waals surface area contributed by atoms with Gasteiger partial charge in [0.1, 0.15) is 0 Å². The number of benzene rings is 3. The zero-order valence-electron chi connectivity index (χ0n) is 22.5. The molecule has 36 heavy (non-hydrogen) atoms. The van der Waals surface area contributed by atoms with Crippen LogP contribution in [0, 0.1) is 0 Å². The maximum atomic E-state index is 3.98. The number of fused-ring (bicyclic) bond motifs is 1. The Balaban J connectivity index is 0.000000250. The van der Waals surface area contributed by atoms with Crippen LogP contribution in [0.1, 0.15) is 61.1 Å². The van der Waals surface area contributed by atoms with E-state index in [1.54, 1.807) is 11.1 Å². The largest absolute Gasteiger partial charge is 0.0149 e. The summed E-state index contributed by atoms with van der Waals surface area (Å²) in [4.78, 5) is 0. The number of hydrogen-bond donors (Lipinski definition) is 1. The molecule has 0 radical (unpaired) electrons. The van der Waals surface area contributed by atoms with Crippen LogP contribution in [0.2, 0.25) is 10.5 Å². The van der Waals surface area contributed by atoms with Gasteiger partial charge in [-0.15, -0.1) is 0 Å². The van der Waals surface area contributed by atoms with Crippen LogP contribution in [0.25, 0.3) is 17.7 Å². The van der Waals surface area contributed by atoms with Crippen LogP contribution in [-0.2, 0) is 16.8 Å². The Morgan fingerprint density at radius 3 is 1.61 bits per heavy atom. The molecule has 1 N–H and O–H groups in total. The van der Waals surface area contributed by atoms with Crippen LogP contribution in [0.3, 0.4) is 0 Å². The molecule has 190 valence electrons. The molecular weight excluding hydrogens is 486 g/mol. The second kappa shape index (κ2) is 13.4. The van der Waals surface area contributed by atoms with Crippen molar-refractivity contribution in [2.24, 2.45) is 0 Å². The zero-order valence-corrected chi connectivity index (χ0v) is 24.0. The van der Waals surface area contributed by atoms with Crippen LogP contribution in [0.5, 0.6) is 0 Å². The van der Waals surface area contributed by atoms with Gasteiger partial charge in [0.15, 0.2) is 0 Å². The molecule has 4 rings (SSSR count). The molecule has 1 aliphatic carbocycles. The van der Waals surface area contributed by atoms with E-state index in [1.807, 2.05) is 36.4 Å². The van der Waals surface area contributed by atoms with Crippen LogP contribution in [0.4, 0.5) is 0 Å². The van der Waals surface area contributed by atoms with Gasteiger partial charge in [0.05, 0.1) is 0 Å². The van der Waals surface area contributed by atoms with Crippen molar-refractivity contribution in [3.63, 3.8) is 0 Å². The molecule has 1 unspecified atom stereocenters. The molecule has 0 amide bonds. The van der Waals surface area contributed by atoms with E-state index < -0.39 is 16.8 Å². The zero-order chi connectivity index (χ0) is 25.5. The minimum absolute atomic E-state index is 0. The molecule has 0 bridgehead atoms. The van der Waals surface area contributed by atoms with E-state index in [-0.39, 0.29) is 16.5 Å². The van der Waals surface area contributed by atoms with Gasteiger partial charge in [0.2, 0.25) is 0 Å². The Labute approximate surface area is 228 Å². The molecule has 0 spiro atoms. The summed E-state index contributed by atoms with van der Waals surface area (Å²) in [5.41, 5.74) is 8.76. The molecule has 0 fully saturated rings. The number of hydrogen-bond acceptors (Lipinski definition) is 1. The van der Waals surface area contributed by atoms with Crippen molar-refractivity contribution in [1.82, 2.24) is 3.80 Å². The summed E-state index contributed by atoms with van der Waals surface area (Å²) in [7, 11) is 0. The fraction of sp³-hybridized carbons (Fsp3) is 0.273. The van der Waals surface area contributed by atoms with Gasteiger partial charge in [0, 0.05) is 0 Å². The van der Waals surface area contributed by atoms with Crippen molar-refractivity contribution >= 4 is 28.7 Å². The van der Waals surface area contributed by atoms with E-state index in [0.717, 1.165) is 0 Å². The molecule has 1 nitrogen and oxygen atoms in total. The standard InChI is InChI=1S/C16H14.C11H11.C4H10N.2CH3.H4Si.Ti/c1-3-9-15(10-4-1)13-7-8-14-16-11-5-2-6-12-16;1-8-7-10-5-3-4-6-11(10)9(8)2;1-4(2,3)5;;;;/h1-14H;3-7H,1-2H3;5H,1-3H3;2*1H3;1H4;/q;;-1;;;;+1. The second-order valence-corrected chi connectivity index (χ2v) is 17.6. The molecule has 0 aromatic heterocycles. The molecular formula is C33H45NSiTi. The Kier molecular flexibility index (Phi) is 11.1. The van der Waals surface area contributed by atoms with Gasteiger partial charge in [-0.1, -0.05) is 85.0 Å². The van der Waals surface area contributed by atoms with Gasteiger partial charge in [-0.3, -0.25) is 0 Å². The third kappa shape index (κ3) is 8.42. The first-order valence-electron chi connectivity index (χ1n) is 12.6. The van der Waals surface area contributed by atoms with E-state index in [0.29, 0.717) is 4.22 Å². The Bertz CT molecular complexity index is 1140. The van der Waals surface area contributed by atoms with Crippen LogP contribution in [0.15, 0.2) is 103 Å². The second-order valence-electron chi connectivity index (χ2n) is 11.0. The van der Waals surface area contributed by atoms with Crippen LogP contribution < -0.4 is 3.80 Å². The summed E-state index contributed by atoms with van der Waals surface area (Å²) in [6, 6.07) is 29.5. The summed E-state index contributed by atoms with van der Waals surface area (Å²) >= 11 is -2.14. The van der Waals surface area contributed by atoms with Gasteiger partial charge in [0.25, 0.3) is 0 Å². The molecule has 1 aliphatic rings. The van der Waals surface area contributed by atoms with E-state index in [9.17, 15) is 0 Å². The first-order valence-corrected chi connectivity index (χ1v) is 17.4. The van der Waals surface area contributed by atoms with Crippen molar-refractivity contribution in [2.45, 2.75) is 54.8 Å². The van der Waals surface area contributed by atoms with E-state index >= 15 is 0 Å². The molecule has 0 aliphatic heterocycles. The molecule has 3 heteroatoms. The van der Waals surface area contributed by atoms with Gasteiger partial charge in [-0.2, -0.15) is 0 Å². The Hall–Kier alpha value is -2.23. The average molecular weight is 532 g/mol. The van der Waals surface area contributed by atoms with Crippen molar-refractivity contribution in [3.05, 3.63) is 125 Å². The SMILES string of the molecule is C(C=Cc1ccccc1)=Cc1ccccc1.CC1=C(C)[CH]([Ti]([CH3])([CH3])[NH]C(C)(C)C)c2ccccc21.[SiH4]. The predicted octanol–water partition coefficient (Wildman–Crippen LogP) is 8.05. The molecule has 3 aromatic rings. The van der Waals surface area contributed by atoms with Crippen molar-refractivity contribution in [3.8, 4) is 0 Å². The van der Waals surface area contributed by atoms with Crippen molar-refractivity contribution < 1.29 is 16.8 Å². The number of allylic oxidation sites excluding steroid dienone is 4. The van der Waals surface area contributed by atoms with Crippen LogP contribution in [-0.4, -0.2) is 16.5 Å². The average Bonchev–Trinajstić information content (AvgIpc) is 3.08. The van der Waals surface area contributed by atoms with Gasteiger partial charge >= 0.3 is 122 Å². The third-order valence-electron chi connectivity index (χ3n) is 6.41. The van der Waals surface area contributed by atoms with Gasteiger partial charge < -0.3 is 0 Å². The predicted molar refractivity (Wildman–Crippen MR) is 164 cm³/mol. The summed E-state index contributed by atoms with van der Waals surface area (Å²) in [5.74, 6) is 0. The minimum atomic E-state index is -2.14. The van der Waals surface area contributed by atoms with E-state index in [2.05, 4.69) is 122 Å². The number of nitrogens with one attached hydrogen (secondary N) is 1. The quantitative estimate of drug-likeness (QED) is 0.259. The maximum Gasteiger partial charge on any atom is -0.0149 e. The molecule has 0 heterocycles. The first kappa shape index (κ1) is 30.0. The fourth-order valence-corrected chi connectivity index (χ4v) is 12.1. The first-order chi connectivity index (χ1) is 16.6. The smallest absolute Gasteiger partial charge is 0.0149 e. The molecule has 1 atom stereocenters. The fourth-order valence-electron chi connectivity index (χ4n) is 5.18. The van der Waals surface area contributed by atoms with Gasteiger partial charge in [-0.05, 0) is 22.1 Å².